The van der Waals surface area contributed by atoms with E-state index in [0.29, 0.717) is 17.8 Å². The van der Waals surface area contributed by atoms with Crippen LogP contribution in [0, 0.1) is 11.6 Å². The number of rotatable bonds is 2. The Morgan fingerprint density at radius 1 is 1.22 bits per heavy atom. The van der Waals surface area contributed by atoms with Crippen LogP contribution in [0.2, 0.25) is 0 Å². The van der Waals surface area contributed by atoms with E-state index in [0.717, 1.165) is 18.2 Å². The Hall–Kier alpha value is -2.04. The molecule has 5 nitrogen and oxygen atoms in total. The Morgan fingerprint density at radius 2 is 2.00 bits per heavy atom. The predicted molar refractivity (Wildman–Crippen MR) is 84.3 cm³/mol. The van der Waals surface area contributed by atoms with Gasteiger partial charge in [0, 0.05) is 30.7 Å². The fourth-order valence-electron chi connectivity index (χ4n) is 3.70. The van der Waals surface area contributed by atoms with Crippen molar-refractivity contribution < 1.29 is 26.7 Å². The van der Waals surface area contributed by atoms with Gasteiger partial charge in [-0.15, -0.1) is 0 Å². The van der Waals surface area contributed by atoms with E-state index in [9.17, 15) is 22.0 Å². The number of hydrogen-bond acceptors (Lipinski definition) is 4. The maximum absolute atomic E-state index is 14.0. The number of ether oxygens (including phenoxy) is 1. The highest BCUT2D eigenvalue weighted by Crippen LogP contribution is 2.35. The first kappa shape index (κ1) is 18.3. The lowest BCUT2D eigenvalue weighted by Crippen LogP contribution is -2.47. The molecule has 0 saturated carbocycles. The summed E-state index contributed by atoms with van der Waals surface area (Å²) in [7, 11) is 0. The normalized spacial score (nSPS) is 26.4. The van der Waals surface area contributed by atoms with Crippen LogP contribution < -0.4 is 5.73 Å². The van der Waals surface area contributed by atoms with Gasteiger partial charge in [0.15, 0.2) is 0 Å². The van der Waals surface area contributed by atoms with Gasteiger partial charge in [-0.3, -0.25) is 4.90 Å². The molecule has 1 saturated heterocycles. The van der Waals surface area contributed by atoms with Gasteiger partial charge in [-0.2, -0.15) is 13.2 Å². The third-order valence-electron chi connectivity index (χ3n) is 5.03. The second kappa shape index (κ2) is 6.54. The number of halogens is 5. The minimum atomic E-state index is -4.51. The van der Waals surface area contributed by atoms with Crippen molar-refractivity contribution in [2.24, 2.45) is 5.73 Å². The highest BCUT2D eigenvalue weighted by Gasteiger charge is 2.40. The quantitative estimate of drug-likeness (QED) is 0.777. The van der Waals surface area contributed by atoms with Crippen LogP contribution in [0.5, 0.6) is 0 Å². The monoisotopic (exact) mass is 388 g/mol. The first-order chi connectivity index (χ1) is 12.7. The summed E-state index contributed by atoms with van der Waals surface area (Å²) >= 11 is 0. The highest BCUT2D eigenvalue weighted by molar-refractivity contribution is 5.24. The molecule has 0 aliphatic carbocycles. The summed E-state index contributed by atoms with van der Waals surface area (Å²) < 4.78 is 71.2. The molecule has 0 spiro atoms. The third kappa shape index (κ3) is 3.44. The number of hydrogen-bond donors (Lipinski definition) is 2. The van der Waals surface area contributed by atoms with Crippen molar-refractivity contribution in [2.75, 3.05) is 6.61 Å². The van der Waals surface area contributed by atoms with Gasteiger partial charge in [0.1, 0.15) is 17.7 Å². The summed E-state index contributed by atoms with van der Waals surface area (Å²) in [5, 5.41) is 0. The summed E-state index contributed by atoms with van der Waals surface area (Å²) in [6.07, 6.45) is -4.84. The largest absolute Gasteiger partial charge is 0.449 e. The third-order valence-corrected chi connectivity index (χ3v) is 5.03. The minimum absolute atomic E-state index is 0.0732. The van der Waals surface area contributed by atoms with Crippen molar-refractivity contribution in [3.05, 3.63) is 52.6 Å². The smallest absolute Gasteiger partial charge is 0.370 e. The average Bonchev–Trinajstić information content (AvgIpc) is 3.16. The number of aromatic amines is 1. The van der Waals surface area contributed by atoms with Gasteiger partial charge in [0.05, 0.1) is 18.0 Å². The lowest BCUT2D eigenvalue weighted by molar-refractivity contribution is -0.144. The molecule has 0 bridgehead atoms. The predicted octanol–water partition coefficient (Wildman–Crippen LogP) is 2.88. The molecule has 3 heterocycles. The highest BCUT2D eigenvalue weighted by atomic mass is 19.4. The molecule has 0 amide bonds. The van der Waals surface area contributed by atoms with Gasteiger partial charge in [0.2, 0.25) is 5.82 Å². The maximum atomic E-state index is 14.0. The SMILES string of the molecule is N[C@H]1C[C@@H](N2Cc3nc(C(F)(F)F)[nH]c3C2)CO[C@@H]1c1cc(F)ccc1F. The fraction of sp³-hybridized carbons (Fsp3) is 0.471. The van der Waals surface area contributed by atoms with Crippen molar-refractivity contribution in [3.8, 4) is 0 Å². The van der Waals surface area contributed by atoms with Crippen LogP contribution in [0.25, 0.3) is 0 Å². The molecule has 4 rings (SSSR count). The molecule has 1 aromatic carbocycles. The van der Waals surface area contributed by atoms with E-state index in [1.54, 1.807) is 0 Å². The van der Waals surface area contributed by atoms with E-state index in [4.69, 9.17) is 10.5 Å². The maximum Gasteiger partial charge on any atom is 0.449 e. The Balaban J connectivity index is 1.43. The number of H-pyrrole nitrogens is 1. The van der Waals surface area contributed by atoms with Gasteiger partial charge < -0.3 is 15.5 Å². The van der Waals surface area contributed by atoms with Crippen molar-refractivity contribution in [3.63, 3.8) is 0 Å². The number of nitrogens with two attached hydrogens (primary N) is 1. The summed E-state index contributed by atoms with van der Waals surface area (Å²) in [6, 6.07) is 2.41. The van der Waals surface area contributed by atoms with Gasteiger partial charge in [-0.25, -0.2) is 13.8 Å². The molecule has 0 radical (unpaired) electrons. The molecule has 0 unspecified atom stereocenters. The first-order valence-electron chi connectivity index (χ1n) is 8.43. The molecule has 146 valence electrons. The number of fused-ring (bicyclic) bond motifs is 1. The molecule has 3 atom stereocenters. The number of nitrogens with one attached hydrogen (secondary N) is 1. The minimum Gasteiger partial charge on any atom is -0.370 e. The van der Waals surface area contributed by atoms with Crippen LogP contribution in [0.1, 0.15) is 35.3 Å². The van der Waals surface area contributed by atoms with Crippen molar-refractivity contribution >= 4 is 0 Å². The molecule has 2 aromatic rings. The Labute approximate surface area is 151 Å². The van der Waals surface area contributed by atoms with Crippen LogP contribution in [0.3, 0.4) is 0 Å². The van der Waals surface area contributed by atoms with E-state index < -0.39 is 35.8 Å². The summed E-state index contributed by atoms with van der Waals surface area (Å²) in [6.45, 7) is 0.741. The van der Waals surface area contributed by atoms with Crippen molar-refractivity contribution in [1.29, 1.82) is 0 Å². The molecule has 3 N–H and O–H groups in total. The molecule has 2 aliphatic heterocycles. The van der Waals surface area contributed by atoms with Crippen molar-refractivity contribution in [2.45, 2.75) is 43.9 Å². The summed E-state index contributed by atoms with van der Waals surface area (Å²) in [5.41, 5.74) is 6.99. The standard InChI is InChI=1S/C17H17F5N4O/c18-8-1-2-11(19)10(3-8)15-12(23)4-9(7-27-15)26-5-13-14(6-26)25-16(24-13)17(20,21)22/h1-3,9,12,15H,4-7,23H2,(H,24,25)/t9-,12+,15-/m1/s1. The summed E-state index contributed by atoms with van der Waals surface area (Å²) in [4.78, 5) is 7.87. The number of imidazole rings is 1. The molecular weight excluding hydrogens is 371 g/mol. The van der Waals surface area contributed by atoms with Gasteiger partial charge >= 0.3 is 6.18 Å². The van der Waals surface area contributed by atoms with E-state index >= 15 is 0 Å². The van der Waals surface area contributed by atoms with Crippen LogP contribution in [-0.2, 0) is 24.0 Å². The van der Waals surface area contributed by atoms with Crippen LogP contribution in [-0.4, -0.2) is 33.6 Å². The van der Waals surface area contributed by atoms with E-state index in [-0.39, 0.29) is 31.3 Å². The van der Waals surface area contributed by atoms with Crippen LogP contribution in [0.15, 0.2) is 18.2 Å². The fourth-order valence-corrected chi connectivity index (χ4v) is 3.70. The van der Waals surface area contributed by atoms with E-state index in [1.165, 1.54) is 0 Å². The molecule has 1 fully saturated rings. The van der Waals surface area contributed by atoms with Gasteiger partial charge in [-0.1, -0.05) is 0 Å². The van der Waals surface area contributed by atoms with Gasteiger partial charge in [-0.05, 0) is 24.6 Å². The Kier molecular flexibility index (Phi) is 4.44. The second-order valence-corrected chi connectivity index (χ2v) is 6.89. The number of alkyl halides is 3. The van der Waals surface area contributed by atoms with Crippen molar-refractivity contribution in [1.82, 2.24) is 14.9 Å². The lowest BCUT2D eigenvalue weighted by atomic mass is 9.93. The van der Waals surface area contributed by atoms with Gasteiger partial charge in [0.25, 0.3) is 0 Å². The summed E-state index contributed by atoms with van der Waals surface area (Å²) in [5.74, 6) is -2.16. The zero-order valence-electron chi connectivity index (χ0n) is 14.1. The Morgan fingerprint density at radius 3 is 2.67 bits per heavy atom. The zero-order chi connectivity index (χ0) is 19.3. The lowest BCUT2D eigenvalue weighted by Gasteiger charge is -2.38. The van der Waals surface area contributed by atoms with E-state index in [1.807, 2.05) is 4.90 Å². The molecule has 1 aromatic heterocycles. The number of nitrogens with zero attached hydrogens (tertiary/aromatic N) is 2. The number of aromatic nitrogens is 2. The average molecular weight is 388 g/mol. The van der Waals surface area contributed by atoms with E-state index in [2.05, 4.69) is 9.97 Å². The molecule has 10 heteroatoms. The van der Waals surface area contributed by atoms with Crippen LogP contribution >= 0.6 is 0 Å². The Bertz CT molecular complexity index is 829. The topological polar surface area (TPSA) is 67.2 Å². The first-order valence-corrected chi connectivity index (χ1v) is 8.43. The van der Waals surface area contributed by atoms with Crippen LogP contribution in [0.4, 0.5) is 22.0 Å². The zero-order valence-corrected chi connectivity index (χ0v) is 14.1. The molecule has 27 heavy (non-hydrogen) atoms. The molecular formula is C17H17F5N4O. The number of benzene rings is 1. The molecule has 2 aliphatic rings. The second-order valence-electron chi connectivity index (χ2n) is 6.89.